The zero-order chi connectivity index (χ0) is 17.3. The van der Waals surface area contributed by atoms with Gasteiger partial charge in [-0.3, -0.25) is 4.79 Å². The molecule has 8 nitrogen and oxygen atoms in total. The van der Waals surface area contributed by atoms with Gasteiger partial charge in [0.1, 0.15) is 13.2 Å². The zero-order valence-corrected chi connectivity index (χ0v) is 14.0. The van der Waals surface area contributed by atoms with E-state index in [1.165, 1.54) is 0 Å². The SMILES string of the molecule is CCC(C)C(=O)OCCOCCOCCOCCOCC(=O)O. The molecule has 0 aromatic carbocycles. The fourth-order valence-corrected chi connectivity index (χ4v) is 1.33. The summed E-state index contributed by atoms with van der Waals surface area (Å²) in [7, 11) is 0. The highest BCUT2D eigenvalue weighted by Crippen LogP contribution is 2.02. The molecule has 0 amide bonds. The monoisotopic (exact) mass is 336 g/mol. The molecule has 0 fully saturated rings. The van der Waals surface area contributed by atoms with E-state index >= 15 is 0 Å². The van der Waals surface area contributed by atoms with Crippen molar-refractivity contribution in [2.45, 2.75) is 20.3 Å². The van der Waals surface area contributed by atoms with Gasteiger partial charge in [0.15, 0.2) is 0 Å². The zero-order valence-electron chi connectivity index (χ0n) is 14.0. The minimum Gasteiger partial charge on any atom is -0.480 e. The molecular weight excluding hydrogens is 308 g/mol. The first kappa shape index (κ1) is 21.8. The molecule has 0 saturated carbocycles. The second-order valence-electron chi connectivity index (χ2n) is 4.76. The third-order valence-electron chi connectivity index (χ3n) is 2.83. The van der Waals surface area contributed by atoms with Crippen molar-refractivity contribution in [1.82, 2.24) is 0 Å². The summed E-state index contributed by atoms with van der Waals surface area (Å²) in [6.07, 6.45) is 0.765. The van der Waals surface area contributed by atoms with Crippen LogP contribution in [-0.2, 0) is 33.3 Å². The molecule has 0 aliphatic carbocycles. The van der Waals surface area contributed by atoms with Crippen LogP contribution >= 0.6 is 0 Å². The summed E-state index contributed by atoms with van der Waals surface area (Å²) >= 11 is 0. The Balaban J connectivity index is 3.13. The van der Waals surface area contributed by atoms with Gasteiger partial charge < -0.3 is 28.8 Å². The Labute approximate surface area is 137 Å². The van der Waals surface area contributed by atoms with Gasteiger partial charge in [-0.2, -0.15) is 0 Å². The molecule has 0 aliphatic heterocycles. The van der Waals surface area contributed by atoms with Crippen molar-refractivity contribution in [2.24, 2.45) is 5.92 Å². The lowest BCUT2D eigenvalue weighted by molar-refractivity contribution is -0.149. The van der Waals surface area contributed by atoms with Crippen molar-refractivity contribution in [3.05, 3.63) is 0 Å². The van der Waals surface area contributed by atoms with Crippen LogP contribution in [-0.4, -0.2) is 76.5 Å². The van der Waals surface area contributed by atoms with Crippen molar-refractivity contribution >= 4 is 11.9 Å². The summed E-state index contributed by atoms with van der Waals surface area (Å²) in [5, 5.41) is 8.33. The molecule has 0 aromatic rings. The number of carboxylic acid groups (broad SMARTS) is 1. The second kappa shape index (κ2) is 15.7. The summed E-state index contributed by atoms with van der Waals surface area (Å²) in [4.78, 5) is 21.5. The number of aliphatic carboxylic acids is 1. The highest BCUT2D eigenvalue weighted by molar-refractivity contribution is 5.71. The van der Waals surface area contributed by atoms with Crippen LogP contribution in [0.3, 0.4) is 0 Å². The van der Waals surface area contributed by atoms with Gasteiger partial charge in [-0.25, -0.2) is 4.79 Å². The summed E-state index contributed by atoms with van der Waals surface area (Å²) in [5.74, 6) is -1.27. The van der Waals surface area contributed by atoms with Crippen molar-refractivity contribution in [1.29, 1.82) is 0 Å². The van der Waals surface area contributed by atoms with Crippen LogP contribution in [0.25, 0.3) is 0 Å². The molecule has 0 heterocycles. The third-order valence-corrected chi connectivity index (χ3v) is 2.83. The van der Waals surface area contributed by atoms with Crippen LogP contribution in [0.2, 0.25) is 0 Å². The maximum atomic E-state index is 11.4. The van der Waals surface area contributed by atoms with Crippen molar-refractivity contribution in [3.8, 4) is 0 Å². The molecular formula is C15H28O8. The van der Waals surface area contributed by atoms with Gasteiger partial charge in [-0.05, 0) is 6.42 Å². The van der Waals surface area contributed by atoms with Gasteiger partial charge >= 0.3 is 11.9 Å². The Kier molecular flexibility index (Phi) is 14.8. The molecule has 1 unspecified atom stereocenters. The summed E-state index contributed by atoms with van der Waals surface area (Å²) in [5.41, 5.74) is 0. The van der Waals surface area contributed by atoms with Gasteiger partial charge in [0.05, 0.1) is 52.2 Å². The highest BCUT2D eigenvalue weighted by Gasteiger charge is 2.10. The predicted molar refractivity (Wildman–Crippen MR) is 81.3 cm³/mol. The Morgan fingerprint density at radius 3 is 1.70 bits per heavy atom. The van der Waals surface area contributed by atoms with Crippen LogP contribution in [0.15, 0.2) is 0 Å². The van der Waals surface area contributed by atoms with E-state index in [2.05, 4.69) is 0 Å². The van der Waals surface area contributed by atoms with Gasteiger partial charge in [0.25, 0.3) is 0 Å². The average molecular weight is 336 g/mol. The number of rotatable bonds is 16. The molecule has 0 radical (unpaired) electrons. The fourth-order valence-electron chi connectivity index (χ4n) is 1.33. The Morgan fingerprint density at radius 2 is 1.26 bits per heavy atom. The van der Waals surface area contributed by atoms with Crippen molar-refractivity contribution in [3.63, 3.8) is 0 Å². The van der Waals surface area contributed by atoms with E-state index in [1.54, 1.807) is 0 Å². The quantitative estimate of drug-likeness (QED) is 0.325. The lowest BCUT2D eigenvalue weighted by atomic mass is 10.1. The van der Waals surface area contributed by atoms with Crippen LogP contribution in [0, 0.1) is 5.92 Å². The number of esters is 1. The molecule has 136 valence electrons. The molecule has 23 heavy (non-hydrogen) atoms. The first-order valence-electron chi connectivity index (χ1n) is 7.77. The second-order valence-corrected chi connectivity index (χ2v) is 4.76. The first-order chi connectivity index (χ1) is 11.1. The summed E-state index contributed by atoms with van der Waals surface area (Å²) in [6.45, 7) is 6.30. The topological polar surface area (TPSA) is 101 Å². The largest absolute Gasteiger partial charge is 0.480 e. The lowest BCUT2D eigenvalue weighted by Gasteiger charge is -2.10. The van der Waals surface area contributed by atoms with Gasteiger partial charge in [-0.15, -0.1) is 0 Å². The van der Waals surface area contributed by atoms with E-state index in [1.807, 2.05) is 13.8 Å². The standard InChI is InChI=1S/C15H28O8/c1-3-13(2)15(18)23-11-10-21-7-6-19-4-5-20-8-9-22-12-14(16)17/h13H,3-12H2,1-2H3,(H,16,17). The van der Waals surface area contributed by atoms with Gasteiger partial charge in [-0.1, -0.05) is 13.8 Å². The number of hydrogen-bond donors (Lipinski definition) is 1. The normalized spacial score (nSPS) is 12.1. The van der Waals surface area contributed by atoms with E-state index < -0.39 is 5.97 Å². The van der Waals surface area contributed by atoms with E-state index in [4.69, 9.17) is 28.8 Å². The van der Waals surface area contributed by atoms with Crippen LogP contribution in [0.4, 0.5) is 0 Å². The fraction of sp³-hybridized carbons (Fsp3) is 0.867. The lowest BCUT2D eigenvalue weighted by Crippen LogP contribution is -2.18. The van der Waals surface area contributed by atoms with Crippen molar-refractivity contribution < 1.29 is 38.4 Å². The van der Waals surface area contributed by atoms with Gasteiger partial charge in [0.2, 0.25) is 0 Å². The average Bonchev–Trinajstić information content (AvgIpc) is 2.53. The highest BCUT2D eigenvalue weighted by atomic mass is 16.6. The number of hydrogen-bond acceptors (Lipinski definition) is 7. The molecule has 0 aromatic heterocycles. The molecule has 1 atom stereocenters. The molecule has 0 bridgehead atoms. The van der Waals surface area contributed by atoms with E-state index in [-0.39, 0.29) is 31.7 Å². The number of carbonyl (C=O) groups excluding carboxylic acids is 1. The van der Waals surface area contributed by atoms with E-state index in [0.29, 0.717) is 39.6 Å². The third kappa shape index (κ3) is 15.4. The number of carboxylic acids is 1. The molecule has 0 saturated heterocycles. The summed E-state index contributed by atoms with van der Waals surface area (Å²) in [6, 6.07) is 0. The minimum atomic E-state index is -0.997. The van der Waals surface area contributed by atoms with Crippen molar-refractivity contribution in [2.75, 3.05) is 59.5 Å². The summed E-state index contributed by atoms with van der Waals surface area (Å²) < 4.78 is 25.5. The predicted octanol–water partition coefficient (Wildman–Crippen LogP) is 0.727. The molecule has 8 heteroatoms. The minimum absolute atomic E-state index is 0.0761. The number of ether oxygens (including phenoxy) is 5. The van der Waals surface area contributed by atoms with Crippen LogP contribution in [0.1, 0.15) is 20.3 Å². The van der Waals surface area contributed by atoms with E-state index in [0.717, 1.165) is 6.42 Å². The number of carbonyl (C=O) groups is 2. The Morgan fingerprint density at radius 1 is 0.826 bits per heavy atom. The first-order valence-corrected chi connectivity index (χ1v) is 7.77. The Hall–Kier alpha value is -1.22. The molecule has 1 N–H and O–H groups in total. The van der Waals surface area contributed by atoms with E-state index in [9.17, 15) is 9.59 Å². The van der Waals surface area contributed by atoms with Gasteiger partial charge in [0, 0.05) is 0 Å². The molecule has 0 aliphatic rings. The Bertz CT molecular complexity index is 308. The van der Waals surface area contributed by atoms with Crippen LogP contribution < -0.4 is 0 Å². The smallest absolute Gasteiger partial charge is 0.329 e. The molecule has 0 rings (SSSR count). The maximum Gasteiger partial charge on any atom is 0.329 e. The maximum absolute atomic E-state index is 11.4. The van der Waals surface area contributed by atoms with Crippen LogP contribution in [0.5, 0.6) is 0 Å². The molecule has 0 spiro atoms.